The lowest BCUT2D eigenvalue weighted by molar-refractivity contribution is -0.112. The van der Waals surface area contributed by atoms with Crippen LogP contribution in [0.3, 0.4) is 0 Å². The van der Waals surface area contributed by atoms with Gasteiger partial charge in [-0.15, -0.1) is 11.8 Å². The zero-order chi connectivity index (χ0) is 11.2. The van der Waals surface area contributed by atoms with E-state index in [2.05, 4.69) is 11.8 Å². The van der Waals surface area contributed by atoms with Gasteiger partial charge in [0, 0.05) is 12.8 Å². The van der Waals surface area contributed by atoms with Crippen LogP contribution in [-0.2, 0) is 4.79 Å². The van der Waals surface area contributed by atoms with Crippen LogP contribution in [0.2, 0.25) is 0 Å². The van der Waals surface area contributed by atoms with Crippen molar-refractivity contribution < 1.29 is 4.79 Å². The van der Waals surface area contributed by atoms with Gasteiger partial charge in [-0.2, -0.15) is 0 Å². The van der Waals surface area contributed by atoms with Crippen LogP contribution in [0.15, 0.2) is 12.2 Å². The number of carbonyl (C=O) groups excluding carboxylic acids is 1. The Bertz CT molecular complexity index is 193. The molecule has 1 rings (SSSR count). The van der Waals surface area contributed by atoms with E-state index in [1.54, 1.807) is 6.08 Å². The van der Waals surface area contributed by atoms with Crippen LogP contribution in [0.25, 0.3) is 0 Å². The van der Waals surface area contributed by atoms with Crippen molar-refractivity contribution in [2.75, 3.05) is 0 Å². The van der Waals surface area contributed by atoms with Crippen molar-refractivity contribution >= 4 is 5.78 Å². The molecule has 0 aromatic heterocycles. The average molecular weight is 194 g/mol. The predicted octanol–water partition coefficient (Wildman–Crippen LogP) is 3.74. The zero-order valence-electron chi connectivity index (χ0n) is 9.89. The smallest absolute Gasteiger partial charge is 0.152 e. The molecule has 0 amide bonds. The van der Waals surface area contributed by atoms with Gasteiger partial charge in [-0.25, -0.2) is 0 Å². The van der Waals surface area contributed by atoms with Gasteiger partial charge in [0.25, 0.3) is 0 Å². The van der Waals surface area contributed by atoms with Crippen molar-refractivity contribution in [3.63, 3.8) is 0 Å². The molecule has 0 fully saturated rings. The number of rotatable bonds is 1. The van der Waals surface area contributed by atoms with Gasteiger partial charge in [-0.1, -0.05) is 19.9 Å². The molecule has 1 aliphatic rings. The van der Waals surface area contributed by atoms with Crippen LogP contribution in [-0.4, -0.2) is 5.78 Å². The van der Waals surface area contributed by atoms with E-state index < -0.39 is 0 Å². The van der Waals surface area contributed by atoms with Crippen molar-refractivity contribution in [2.24, 2.45) is 0 Å². The van der Waals surface area contributed by atoms with Crippen molar-refractivity contribution in [1.29, 1.82) is 0 Å². The van der Waals surface area contributed by atoms with E-state index in [9.17, 15) is 4.79 Å². The summed E-state index contributed by atoms with van der Waals surface area (Å²) in [6.07, 6.45) is 8.18. The molecule has 1 aliphatic carbocycles. The monoisotopic (exact) mass is 194 g/mol. The van der Waals surface area contributed by atoms with Gasteiger partial charge in [0.2, 0.25) is 0 Å². The molecule has 0 N–H and O–H groups in total. The van der Waals surface area contributed by atoms with Gasteiger partial charge >= 0.3 is 0 Å². The predicted molar refractivity (Wildman–Crippen MR) is 63.1 cm³/mol. The van der Waals surface area contributed by atoms with Crippen molar-refractivity contribution in [3.05, 3.63) is 12.2 Å². The molecular formula is C13H22O. The van der Waals surface area contributed by atoms with Gasteiger partial charge in [0.15, 0.2) is 5.78 Å². The minimum Gasteiger partial charge on any atom is -0.295 e. The summed E-state index contributed by atoms with van der Waals surface area (Å²) in [4.78, 5) is 9.96. The minimum atomic E-state index is 0.109. The van der Waals surface area contributed by atoms with Crippen LogP contribution in [0.1, 0.15) is 53.4 Å². The molecule has 0 aliphatic heterocycles. The van der Waals surface area contributed by atoms with E-state index in [0.717, 1.165) is 12.8 Å². The summed E-state index contributed by atoms with van der Waals surface area (Å²) in [6.45, 7) is 7.35. The Morgan fingerprint density at radius 3 is 1.64 bits per heavy atom. The van der Waals surface area contributed by atoms with Gasteiger partial charge in [-0.05, 0) is 32.8 Å². The molecule has 1 heteroatoms. The second-order valence-electron chi connectivity index (χ2n) is 2.67. The van der Waals surface area contributed by atoms with E-state index in [0.29, 0.717) is 0 Å². The molecule has 0 aromatic rings. The highest BCUT2D eigenvalue weighted by molar-refractivity contribution is 5.87. The summed E-state index contributed by atoms with van der Waals surface area (Å²) in [6, 6.07) is 0. The molecule has 14 heavy (non-hydrogen) atoms. The Labute approximate surface area is 88.6 Å². The van der Waals surface area contributed by atoms with Crippen LogP contribution in [0, 0.1) is 11.8 Å². The Kier molecular flexibility index (Phi) is 16.0. The molecule has 0 bridgehead atoms. The van der Waals surface area contributed by atoms with Gasteiger partial charge in [-0.3, -0.25) is 4.79 Å². The summed E-state index contributed by atoms with van der Waals surface area (Å²) < 4.78 is 0. The lowest BCUT2D eigenvalue weighted by Crippen LogP contribution is -1.77. The van der Waals surface area contributed by atoms with E-state index in [-0.39, 0.29) is 5.78 Å². The molecule has 1 nitrogen and oxygen atoms in total. The van der Waals surface area contributed by atoms with Crippen LogP contribution in [0.5, 0.6) is 0 Å². The molecule has 0 aromatic carbocycles. The molecule has 0 atom stereocenters. The number of hydrogen-bond donors (Lipinski definition) is 0. The molecule has 0 saturated carbocycles. The number of ketones is 1. The first-order chi connectivity index (χ1) is 6.77. The van der Waals surface area contributed by atoms with Gasteiger partial charge < -0.3 is 0 Å². The maximum atomic E-state index is 9.96. The first-order valence-electron chi connectivity index (χ1n) is 5.36. The normalized spacial score (nSPS) is 12.6. The lowest BCUT2D eigenvalue weighted by atomic mass is 10.1. The fourth-order valence-corrected chi connectivity index (χ4v) is 0.838. The summed E-state index contributed by atoms with van der Waals surface area (Å²) in [5.41, 5.74) is 0. The Hall–Kier alpha value is -1.03. The average Bonchev–Trinajstić information content (AvgIpc) is 2.24. The third-order valence-electron chi connectivity index (χ3n) is 1.38. The third kappa shape index (κ3) is 17.2. The lowest BCUT2D eigenvalue weighted by Gasteiger charge is -1.92. The highest BCUT2D eigenvalue weighted by Crippen LogP contribution is 2.01. The summed E-state index contributed by atoms with van der Waals surface area (Å²) in [7, 11) is 0. The Morgan fingerprint density at radius 1 is 1.14 bits per heavy atom. The van der Waals surface area contributed by atoms with E-state index in [1.807, 2.05) is 20.8 Å². The number of allylic oxidation sites excluding steroid dienone is 2. The molecule has 0 saturated heterocycles. The molecular weight excluding hydrogens is 172 g/mol. The van der Waals surface area contributed by atoms with Gasteiger partial charge in [0.05, 0.1) is 0 Å². The van der Waals surface area contributed by atoms with Crippen molar-refractivity contribution in [3.8, 4) is 11.8 Å². The third-order valence-corrected chi connectivity index (χ3v) is 1.38. The Balaban J connectivity index is 0. The fraction of sp³-hybridized carbons (Fsp3) is 0.615. The summed E-state index contributed by atoms with van der Waals surface area (Å²) in [5, 5.41) is 0. The van der Waals surface area contributed by atoms with E-state index in [4.69, 9.17) is 0 Å². The minimum absolute atomic E-state index is 0.109. The largest absolute Gasteiger partial charge is 0.295 e. The van der Waals surface area contributed by atoms with Crippen LogP contribution < -0.4 is 0 Å². The van der Waals surface area contributed by atoms with Gasteiger partial charge in [0.1, 0.15) is 0 Å². The highest BCUT2D eigenvalue weighted by atomic mass is 16.1. The fourth-order valence-electron chi connectivity index (χ4n) is 0.838. The van der Waals surface area contributed by atoms with Crippen molar-refractivity contribution in [2.45, 2.75) is 53.4 Å². The quantitative estimate of drug-likeness (QED) is 0.459. The van der Waals surface area contributed by atoms with Crippen LogP contribution >= 0.6 is 0 Å². The van der Waals surface area contributed by atoms with Crippen LogP contribution in [0.4, 0.5) is 0 Å². The molecule has 0 radical (unpaired) electrons. The molecule has 0 heterocycles. The molecule has 0 unspecified atom stereocenters. The standard InChI is InChI=1S/C6H8.C5H8O.C2H6/c1-2-4-6-5-3-1;1-3-4-5(2)6;1-2/h1-4H2;3-4H,1-2H3;1-2H3/b;4-3+;. The van der Waals surface area contributed by atoms with E-state index >= 15 is 0 Å². The topological polar surface area (TPSA) is 17.1 Å². The zero-order valence-corrected chi connectivity index (χ0v) is 9.89. The molecule has 80 valence electrons. The Morgan fingerprint density at radius 2 is 1.57 bits per heavy atom. The molecule has 0 spiro atoms. The maximum Gasteiger partial charge on any atom is 0.152 e. The first-order valence-corrected chi connectivity index (χ1v) is 5.36. The second kappa shape index (κ2) is 14.5. The SMILES string of the molecule is C/C=C/C(C)=O.C1#CCCCC1.CC. The second-order valence-corrected chi connectivity index (χ2v) is 2.67. The van der Waals surface area contributed by atoms with Crippen molar-refractivity contribution in [1.82, 2.24) is 0 Å². The van der Waals surface area contributed by atoms with E-state index in [1.165, 1.54) is 25.8 Å². The maximum absolute atomic E-state index is 9.96. The first kappa shape index (κ1) is 15.4. The number of hydrogen-bond acceptors (Lipinski definition) is 1. The summed E-state index contributed by atoms with van der Waals surface area (Å²) in [5.74, 6) is 6.18. The summed E-state index contributed by atoms with van der Waals surface area (Å²) >= 11 is 0. The highest BCUT2D eigenvalue weighted by Gasteiger charge is 1.86. The number of carbonyl (C=O) groups is 1.